The topological polar surface area (TPSA) is 63.2 Å². The van der Waals surface area contributed by atoms with Crippen LogP contribution in [0.2, 0.25) is 0 Å². The van der Waals surface area contributed by atoms with E-state index in [0.717, 1.165) is 12.8 Å². The Balaban J connectivity index is 2.04. The van der Waals surface area contributed by atoms with E-state index >= 15 is 0 Å². The van der Waals surface area contributed by atoms with Crippen molar-refractivity contribution in [3.05, 3.63) is 29.8 Å². The minimum atomic E-state index is -3.81. The summed E-state index contributed by atoms with van der Waals surface area (Å²) in [5, 5.41) is 2.91. The van der Waals surface area contributed by atoms with Crippen LogP contribution in [0.5, 0.6) is 0 Å². The third-order valence-electron chi connectivity index (χ3n) is 4.11. The van der Waals surface area contributed by atoms with Crippen molar-refractivity contribution >= 4 is 25.6 Å². The van der Waals surface area contributed by atoms with Crippen LogP contribution in [0.1, 0.15) is 49.4 Å². The van der Waals surface area contributed by atoms with E-state index in [-0.39, 0.29) is 16.2 Å². The molecule has 21 heavy (non-hydrogen) atoms. The highest BCUT2D eigenvalue weighted by Crippen LogP contribution is 2.34. The minimum Gasteiger partial charge on any atom is -0.351 e. The lowest BCUT2D eigenvalue weighted by Crippen LogP contribution is -2.37. The van der Waals surface area contributed by atoms with Crippen molar-refractivity contribution in [2.75, 3.05) is 6.54 Å². The fraction of sp³-hybridized carbons (Fsp3) is 0.533. The highest BCUT2D eigenvalue weighted by molar-refractivity contribution is 8.13. The molecule has 0 unspecified atom stereocenters. The van der Waals surface area contributed by atoms with Gasteiger partial charge in [0.25, 0.3) is 15.0 Å². The summed E-state index contributed by atoms with van der Waals surface area (Å²) in [6.07, 6.45) is 5.89. The summed E-state index contributed by atoms with van der Waals surface area (Å²) in [6.45, 7) is 2.80. The lowest BCUT2D eigenvalue weighted by Gasteiger charge is -2.33. The van der Waals surface area contributed by atoms with Gasteiger partial charge in [-0.3, -0.25) is 4.79 Å². The second-order valence-electron chi connectivity index (χ2n) is 6.02. The van der Waals surface area contributed by atoms with Gasteiger partial charge < -0.3 is 5.32 Å². The highest BCUT2D eigenvalue weighted by Gasteiger charge is 2.27. The number of hydrogen-bond donors (Lipinski definition) is 1. The zero-order valence-corrected chi connectivity index (χ0v) is 13.6. The summed E-state index contributed by atoms with van der Waals surface area (Å²) in [6, 6.07) is 5.79. The fourth-order valence-electron chi connectivity index (χ4n) is 2.77. The lowest BCUT2D eigenvalue weighted by molar-refractivity contribution is 0.0919. The second-order valence-corrected chi connectivity index (χ2v) is 8.59. The second kappa shape index (κ2) is 6.36. The van der Waals surface area contributed by atoms with Crippen molar-refractivity contribution in [1.82, 2.24) is 5.32 Å². The van der Waals surface area contributed by atoms with Crippen molar-refractivity contribution in [2.24, 2.45) is 5.41 Å². The Labute approximate surface area is 130 Å². The van der Waals surface area contributed by atoms with E-state index in [1.54, 1.807) is 6.07 Å². The molecule has 0 atom stereocenters. The number of carbonyl (C=O) groups excluding carboxylic acids is 1. The van der Waals surface area contributed by atoms with E-state index in [2.05, 4.69) is 12.2 Å². The number of halogens is 1. The molecule has 2 rings (SSSR count). The molecule has 0 saturated heterocycles. The number of amides is 1. The summed E-state index contributed by atoms with van der Waals surface area (Å²) in [4.78, 5) is 12.1. The van der Waals surface area contributed by atoms with Crippen LogP contribution in [0.15, 0.2) is 29.2 Å². The molecule has 116 valence electrons. The molecule has 1 saturated carbocycles. The smallest absolute Gasteiger partial charge is 0.261 e. The van der Waals surface area contributed by atoms with Crippen molar-refractivity contribution in [3.63, 3.8) is 0 Å². The summed E-state index contributed by atoms with van der Waals surface area (Å²) in [5.41, 5.74) is 0.459. The standard InChI is InChI=1S/C15H20ClNO3S/c1-15(8-3-2-4-9-15)11-17-14(18)12-6-5-7-13(10-12)21(16,19)20/h5-7,10H,2-4,8-9,11H2,1H3,(H,17,18). The average Bonchev–Trinajstić information content (AvgIpc) is 2.45. The Morgan fingerprint density at radius 1 is 1.29 bits per heavy atom. The average molecular weight is 330 g/mol. The zero-order valence-electron chi connectivity index (χ0n) is 12.1. The highest BCUT2D eigenvalue weighted by atomic mass is 35.7. The van der Waals surface area contributed by atoms with Gasteiger partial charge in [0.15, 0.2) is 0 Å². The molecule has 0 aliphatic heterocycles. The molecule has 0 bridgehead atoms. The van der Waals surface area contributed by atoms with Crippen LogP contribution in [0, 0.1) is 5.41 Å². The number of nitrogens with one attached hydrogen (secondary N) is 1. The first kappa shape index (κ1) is 16.3. The molecule has 4 nitrogen and oxygen atoms in total. The molecule has 0 radical (unpaired) electrons. The van der Waals surface area contributed by atoms with Crippen LogP contribution in [-0.2, 0) is 9.05 Å². The van der Waals surface area contributed by atoms with Crippen LogP contribution >= 0.6 is 10.7 Å². The van der Waals surface area contributed by atoms with Gasteiger partial charge in [0.05, 0.1) is 4.90 Å². The number of carbonyl (C=O) groups is 1. The van der Waals surface area contributed by atoms with E-state index in [9.17, 15) is 13.2 Å². The Morgan fingerprint density at radius 2 is 1.95 bits per heavy atom. The monoisotopic (exact) mass is 329 g/mol. The van der Waals surface area contributed by atoms with Gasteiger partial charge in [-0.15, -0.1) is 0 Å². The van der Waals surface area contributed by atoms with Gasteiger partial charge in [0, 0.05) is 22.8 Å². The predicted octanol–water partition coefficient (Wildman–Crippen LogP) is 3.31. The third kappa shape index (κ3) is 4.45. The van der Waals surface area contributed by atoms with Gasteiger partial charge >= 0.3 is 0 Å². The van der Waals surface area contributed by atoms with E-state index < -0.39 is 9.05 Å². The van der Waals surface area contributed by atoms with Crippen molar-refractivity contribution in [2.45, 2.75) is 43.9 Å². The Bertz CT molecular complexity index is 622. The maximum absolute atomic E-state index is 12.2. The molecule has 1 aromatic rings. The SMILES string of the molecule is CC1(CNC(=O)c2cccc(S(=O)(=O)Cl)c2)CCCCC1. The maximum Gasteiger partial charge on any atom is 0.261 e. The molecular weight excluding hydrogens is 310 g/mol. The summed E-state index contributed by atoms with van der Waals surface area (Å²) < 4.78 is 22.6. The van der Waals surface area contributed by atoms with Crippen LogP contribution in [-0.4, -0.2) is 20.9 Å². The summed E-state index contributed by atoms with van der Waals surface area (Å²) >= 11 is 0. The first-order valence-corrected chi connectivity index (χ1v) is 9.44. The summed E-state index contributed by atoms with van der Waals surface area (Å²) in [7, 11) is 1.48. The number of hydrogen-bond acceptors (Lipinski definition) is 3. The molecular formula is C15H20ClNO3S. The Hall–Kier alpha value is -1.07. The van der Waals surface area contributed by atoms with Crippen LogP contribution in [0.4, 0.5) is 0 Å². The van der Waals surface area contributed by atoms with E-state index in [4.69, 9.17) is 10.7 Å². The van der Waals surface area contributed by atoms with Crippen LogP contribution < -0.4 is 5.32 Å². The van der Waals surface area contributed by atoms with E-state index in [1.165, 1.54) is 37.5 Å². The zero-order chi connectivity index (χ0) is 15.5. The molecule has 0 spiro atoms. The molecule has 0 aromatic heterocycles. The van der Waals surface area contributed by atoms with Gasteiger partial charge in [-0.2, -0.15) is 0 Å². The first-order chi connectivity index (χ1) is 9.80. The van der Waals surface area contributed by atoms with Crippen LogP contribution in [0.25, 0.3) is 0 Å². The molecule has 1 aromatic carbocycles. The van der Waals surface area contributed by atoms with Gasteiger partial charge in [-0.1, -0.05) is 32.3 Å². The van der Waals surface area contributed by atoms with Gasteiger partial charge in [0.1, 0.15) is 0 Å². The third-order valence-corrected chi connectivity index (χ3v) is 5.47. The minimum absolute atomic E-state index is 0.0549. The Kier molecular flexibility index (Phi) is 4.94. The molecule has 1 aliphatic rings. The van der Waals surface area contributed by atoms with Crippen molar-refractivity contribution < 1.29 is 13.2 Å². The fourth-order valence-corrected chi connectivity index (χ4v) is 3.56. The number of rotatable bonds is 4. The lowest BCUT2D eigenvalue weighted by atomic mass is 9.76. The van der Waals surface area contributed by atoms with Gasteiger partial charge in [-0.05, 0) is 36.5 Å². The van der Waals surface area contributed by atoms with Crippen molar-refractivity contribution in [3.8, 4) is 0 Å². The number of benzene rings is 1. The molecule has 1 aliphatic carbocycles. The van der Waals surface area contributed by atoms with Crippen molar-refractivity contribution in [1.29, 1.82) is 0 Å². The van der Waals surface area contributed by atoms with E-state index in [1.807, 2.05) is 0 Å². The predicted molar refractivity (Wildman–Crippen MR) is 83.0 cm³/mol. The first-order valence-electron chi connectivity index (χ1n) is 7.13. The molecule has 6 heteroatoms. The maximum atomic E-state index is 12.2. The quantitative estimate of drug-likeness (QED) is 0.862. The normalized spacial score (nSPS) is 18.2. The summed E-state index contributed by atoms with van der Waals surface area (Å²) in [5.74, 6) is -0.260. The molecule has 1 fully saturated rings. The molecule has 0 heterocycles. The Morgan fingerprint density at radius 3 is 2.57 bits per heavy atom. The molecule has 1 amide bonds. The van der Waals surface area contributed by atoms with Gasteiger partial charge in [-0.25, -0.2) is 8.42 Å². The molecule has 1 N–H and O–H groups in total. The van der Waals surface area contributed by atoms with Gasteiger partial charge in [0.2, 0.25) is 0 Å². The largest absolute Gasteiger partial charge is 0.351 e. The van der Waals surface area contributed by atoms with Crippen LogP contribution in [0.3, 0.4) is 0 Å². The van der Waals surface area contributed by atoms with E-state index in [0.29, 0.717) is 12.1 Å².